The largest absolute Gasteiger partial charge is 0.372 e. The van der Waals surface area contributed by atoms with Gasteiger partial charge in [-0.05, 0) is 25.5 Å². The van der Waals surface area contributed by atoms with Crippen LogP contribution in [0.1, 0.15) is 13.3 Å². The average Bonchev–Trinajstić information content (AvgIpc) is 3.00. The van der Waals surface area contributed by atoms with Crippen LogP contribution in [0.4, 0.5) is 5.69 Å². The van der Waals surface area contributed by atoms with Crippen LogP contribution in [0.2, 0.25) is 0 Å². The number of ether oxygens (including phenoxy) is 2. The van der Waals surface area contributed by atoms with E-state index in [2.05, 4.69) is 0 Å². The molecule has 1 atom stereocenters. The minimum Gasteiger partial charge on any atom is -0.372 e. The van der Waals surface area contributed by atoms with Crippen LogP contribution in [-0.2, 0) is 19.1 Å². The summed E-state index contributed by atoms with van der Waals surface area (Å²) in [6.45, 7) is 4.19. The number of benzene rings is 1. The molecule has 6 nitrogen and oxygen atoms in total. The smallest absolute Gasteiger partial charge is 0.253 e. The van der Waals surface area contributed by atoms with E-state index < -0.39 is 5.60 Å². The molecule has 0 aliphatic carbocycles. The second kappa shape index (κ2) is 6.68. The van der Waals surface area contributed by atoms with Gasteiger partial charge < -0.3 is 19.3 Å². The van der Waals surface area contributed by atoms with E-state index in [0.29, 0.717) is 26.2 Å². The van der Waals surface area contributed by atoms with Crippen molar-refractivity contribution in [1.29, 1.82) is 0 Å². The van der Waals surface area contributed by atoms with Crippen LogP contribution in [0, 0.1) is 0 Å². The van der Waals surface area contributed by atoms with Gasteiger partial charge in [-0.1, -0.05) is 18.2 Å². The summed E-state index contributed by atoms with van der Waals surface area (Å²) in [5, 5.41) is 0. The van der Waals surface area contributed by atoms with Crippen LogP contribution < -0.4 is 4.90 Å². The van der Waals surface area contributed by atoms with Crippen LogP contribution in [-0.4, -0.2) is 61.8 Å². The second-order valence-electron chi connectivity index (χ2n) is 5.99. The first-order valence-corrected chi connectivity index (χ1v) is 7.98. The van der Waals surface area contributed by atoms with Crippen LogP contribution in [0.5, 0.6) is 0 Å². The quantitative estimate of drug-likeness (QED) is 0.833. The van der Waals surface area contributed by atoms with Crippen molar-refractivity contribution in [2.75, 3.05) is 44.4 Å². The Morgan fingerprint density at radius 2 is 2.09 bits per heavy atom. The maximum absolute atomic E-state index is 12.2. The molecule has 2 heterocycles. The van der Waals surface area contributed by atoms with Crippen molar-refractivity contribution in [2.24, 2.45) is 0 Å². The molecule has 0 N–H and O–H groups in total. The van der Waals surface area contributed by atoms with Crippen molar-refractivity contribution in [3.63, 3.8) is 0 Å². The highest BCUT2D eigenvalue weighted by atomic mass is 16.5. The molecule has 1 spiro atoms. The van der Waals surface area contributed by atoms with Crippen LogP contribution in [0.25, 0.3) is 0 Å². The van der Waals surface area contributed by atoms with Gasteiger partial charge in [-0.2, -0.15) is 0 Å². The first-order valence-electron chi connectivity index (χ1n) is 7.98. The number of carbonyl (C=O) groups is 2. The van der Waals surface area contributed by atoms with Crippen LogP contribution in [0.15, 0.2) is 30.3 Å². The molecule has 0 radical (unpaired) electrons. The number of para-hydroxylation sites is 1. The number of hydrogen-bond acceptors (Lipinski definition) is 4. The van der Waals surface area contributed by atoms with Gasteiger partial charge >= 0.3 is 0 Å². The average molecular weight is 318 g/mol. The molecule has 0 saturated carbocycles. The van der Waals surface area contributed by atoms with Gasteiger partial charge in [0, 0.05) is 18.8 Å². The molecule has 3 rings (SSSR count). The first kappa shape index (κ1) is 16.0. The fraction of sp³-hybridized carbons (Fsp3) is 0.529. The van der Waals surface area contributed by atoms with E-state index in [9.17, 15) is 9.59 Å². The molecule has 23 heavy (non-hydrogen) atoms. The molecule has 1 aromatic rings. The molecule has 2 aliphatic rings. The summed E-state index contributed by atoms with van der Waals surface area (Å²) in [6.07, 6.45) is 0.738. The summed E-state index contributed by atoms with van der Waals surface area (Å²) in [4.78, 5) is 27.8. The Bertz CT molecular complexity index is 577. The molecule has 2 saturated heterocycles. The number of morpholine rings is 1. The van der Waals surface area contributed by atoms with Gasteiger partial charge in [-0.25, -0.2) is 0 Å². The number of nitrogens with zero attached hydrogens (tertiary/aromatic N) is 2. The van der Waals surface area contributed by atoms with Crippen LogP contribution in [0.3, 0.4) is 0 Å². The topological polar surface area (TPSA) is 59.1 Å². The van der Waals surface area contributed by atoms with E-state index in [-0.39, 0.29) is 25.0 Å². The molecule has 124 valence electrons. The van der Waals surface area contributed by atoms with Gasteiger partial charge in [-0.15, -0.1) is 0 Å². The Kier molecular flexibility index (Phi) is 4.63. The van der Waals surface area contributed by atoms with Crippen molar-refractivity contribution in [2.45, 2.75) is 18.9 Å². The van der Waals surface area contributed by atoms with Gasteiger partial charge in [0.2, 0.25) is 5.91 Å². The first-order chi connectivity index (χ1) is 11.1. The zero-order valence-corrected chi connectivity index (χ0v) is 13.4. The minimum atomic E-state index is -0.467. The Morgan fingerprint density at radius 1 is 1.30 bits per heavy atom. The second-order valence-corrected chi connectivity index (χ2v) is 5.99. The highest BCUT2D eigenvalue weighted by Crippen LogP contribution is 2.32. The van der Waals surface area contributed by atoms with Crippen LogP contribution >= 0.6 is 0 Å². The number of anilines is 1. The predicted octanol–water partition coefficient (Wildman–Crippen LogP) is 1.06. The summed E-state index contributed by atoms with van der Waals surface area (Å²) in [6, 6.07) is 9.59. The highest BCUT2D eigenvalue weighted by molar-refractivity contribution is 5.95. The Hall–Kier alpha value is -1.92. The van der Waals surface area contributed by atoms with Crippen molar-refractivity contribution < 1.29 is 19.1 Å². The third-order valence-electron chi connectivity index (χ3n) is 4.42. The monoisotopic (exact) mass is 318 g/mol. The molecule has 2 amide bonds. The lowest BCUT2D eigenvalue weighted by Gasteiger charge is -2.40. The number of amides is 2. The minimum absolute atomic E-state index is 0.0181. The predicted molar refractivity (Wildman–Crippen MR) is 85.2 cm³/mol. The summed E-state index contributed by atoms with van der Waals surface area (Å²) in [5.41, 5.74) is 0.408. The lowest BCUT2D eigenvalue weighted by atomic mass is 10.00. The standard InChI is InChI=1S/C17H22N2O4/c1-2-22-10-15(20)18-9-8-17(12-18)13-19(16(21)11-23-17)14-6-4-3-5-7-14/h3-7H,2,8-13H2,1H3. The van der Waals surface area contributed by atoms with E-state index in [1.54, 1.807) is 9.80 Å². The van der Waals surface area contributed by atoms with Crippen molar-refractivity contribution in [3.8, 4) is 0 Å². The van der Waals surface area contributed by atoms with Crippen molar-refractivity contribution in [1.82, 2.24) is 4.90 Å². The van der Waals surface area contributed by atoms with Gasteiger partial charge in [-0.3, -0.25) is 9.59 Å². The van der Waals surface area contributed by atoms with Crippen molar-refractivity contribution in [3.05, 3.63) is 30.3 Å². The lowest BCUT2D eigenvalue weighted by Crippen LogP contribution is -2.56. The van der Waals surface area contributed by atoms with E-state index in [0.717, 1.165) is 12.1 Å². The summed E-state index contributed by atoms with van der Waals surface area (Å²) < 4.78 is 11.0. The summed E-state index contributed by atoms with van der Waals surface area (Å²) in [7, 11) is 0. The maximum Gasteiger partial charge on any atom is 0.253 e. The highest BCUT2D eigenvalue weighted by Gasteiger charge is 2.46. The molecular formula is C17H22N2O4. The Morgan fingerprint density at radius 3 is 2.83 bits per heavy atom. The molecule has 0 bridgehead atoms. The number of rotatable bonds is 4. The molecule has 1 unspecified atom stereocenters. The van der Waals surface area contributed by atoms with Crippen molar-refractivity contribution >= 4 is 17.5 Å². The van der Waals surface area contributed by atoms with Gasteiger partial charge in [0.05, 0.1) is 13.1 Å². The summed E-state index contributed by atoms with van der Waals surface area (Å²) in [5.74, 6) is -0.0589. The fourth-order valence-corrected chi connectivity index (χ4v) is 3.14. The molecule has 1 aromatic carbocycles. The van der Waals surface area contributed by atoms with Gasteiger partial charge in [0.25, 0.3) is 5.91 Å². The van der Waals surface area contributed by atoms with E-state index in [4.69, 9.17) is 9.47 Å². The maximum atomic E-state index is 12.2. The number of likely N-dealkylation sites (tertiary alicyclic amines) is 1. The van der Waals surface area contributed by atoms with Gasteiger partial charge in [0.1, 0.15) is 18.8 Å². The third kappa shape index (κ3) is 3.38. The SMILES string of the molecule is CCOCC(=O)N1CCC2(C1)CN(c1ccccc1)C(=O)CO2. The van der Waals surface area contributed by atoms with Gasteiger partial charge in [0.15, 0.2) is 0 Å². The third-order valence-corrected chi connectivity index (χ3v) is 4.42. The molecule has 2 aliphatic heterocycles. The lowest BCUT2D eigenvalue weighted by molar-refractivity contribution is -0.141. The van der Waals surface area contributed by atoms with E-state index in [1.165, 1.54) is 0 Å². The molecule has 2 fully saturated rings. The number of hydrogen-bond donors (Lipinski definition) is 0. The molecule has 0 aromatic heterocycles. The Labute approximate surface area is 136 Å². The fourth-order valence-electron chi connectivity index (χ4n) is 3.14. The van der Waals surface area contributed by atoms with E-state index >= 15 is 0 Å². The van der Waals surface area contributed by atoms with E-state index in [1.807, 2.05) is 37.3 Å². The zero-order chi connectivity index (χ0) is 16.3. The molecular weight excluding hydrogens is 296 g/mol. The zero-order valence-electron chi connectivity index (χ0n) is 13.4. The normalized spacial score (nSPS) is 24.5. The summed E-state index contributed by atoms with van der Waals surface area (Å²) >= 11 is 0. The number of carbonyl (C=O) groups excluding carboxylic acids is 2. The molecule has 6 heteroatoms. The Balaban J connectivity index is 1.69.